The monoisotopic (exact) mass is 491 g/mol. The topological polar surface area (TPSA) is 103 Å². The summed E-state index contributed by atoms with van der Waals surface area (Å²) in [5.74, 6) is -0.413. The lowest BCUT2D eigenvalue weighted by molar-refractivity contribution is -0.142. The van der Waals surface area contributed by atoms with Gasteiger partial charge in [-0.1, -0.05) is 29.8 Å². The van der Waals surface area contributed by atoms with Crippen LogP contribution in [0.15, 0.2) is 70.2 Å². The van der Waals surface area contributed by atoms with Crippen LogP contribution in [0.3, 0.4) is 0 Å². The van der Waals surface area contributed by atoms with E-state index in [1.165, 1.54) is 14.0 Å². The van der Waals surface area contributed by atoms with Crippen molar-refractivity contribution in [1.82, 2.24) is 4.98 Å². The number of carbonyl (C=O) groups is 2. The predicted octanol–water partition coefficient (Wildman–Crippen LogP) is 5.35. The number of benzene rings is 2. The number of pyridine rings is 1. The second-order valence-corrected chi connectivity index (χ2v) is 8.04. The van der Waals surface area contributed by atoms with Gasteiger partial charge >= 0.3 is 5.97 Å². The first-order valence-corrected chi connectivity index (χ1v) is 11.0. The van der Waals surface area contributed by atoms with Crippen molar-refractivity contribution >= 4 is 45.8 Å². The van der Waals surface area contributed by atoms with Gasteiger partial charge in [-0.15, -0.1) is 0 Å². The summed E-state index contributed by atoms with van der Waals surface area (Å²) in [6.07, 6.45) is 1.59. The molecule has 2 heterocycles. The minimum Gasteiger partial charge on any atom is -0.494 e. The van der Waals surface area contributed by atoms with Crippen molar-refractivity contribution < 1.29 is 23.5 Å². The van der Waals surface area contributed by atoms with Gasteiger partial charge in [0.1, 0.15) is 23.6 Å². The van der Waals surface area contributed by atoms with Crippen molar-refractivity contribution in [2.24, 2.45) is 4.99 Å². The first-order valence-electron chi connectivity index (χ1n) is 10.7. The number of aromatic nitrogens is 1. The lowest BCUT2D eigenvalue weighted by Gasteiger charge is -2.11. The van der Waals surface area contributed by atoms with Gasteiger partial charge in [0.05, 0.1) is 12.8 Å². The molecule has 0 atom stereocenters. The van der Waals surface area contributed by atoms with Gasteiger partial charge < -0.3 is 19.2 Å². The van der Waals surface area contributed by atoms with E-state index in [1.807, 2.05) is 18.2 Å². The number of esters is 1. The summed E-state index contributed by atoms with van der Waals surface area (Å²) in [7, 11) is 1.51. The van der Waals surface area contributed by atoms with Gasteiger partial charge in [-0.05, 0) is 43.3 Å². The van der Waals surface area contributed by atoms with Gasteiger partial charge in [0.15, 0.2) is 5.58 Å². The maximum atomic E-state index is 13.4. The Kier molecular flexibility index (Phi) is 7.12. The Hall–Kier alpha value is -4.17. The van der Waals surface area contributed by atoms with Crippen LogP contribution < -0.4 is 15.6 Å². The molecule has 1 amide bonds. The molecular weight excluding hydrogens is 470 g/mol. The fraction of sp³-hybridized carbons (Fsp3) is 0.154. The average Bonchev–Trinajstić information content (AvgIpc) is 2.84. The normalized spacial score (nSPS) is 11.4. The number of methoxy groups -OCH3 is 1. The summed E-state index contributed by atoms with van der Waals surface area (Å²) < 4.78 is 16.7. The second-order valence-electron chi connectivity index (χ2n) is 7.61. The van der Waals surface area contributed by atoms with E-state index in [2.05, 4.69) is 15.3 Å². The third-order valence-corrected chi connectivity index (χ3v) is 5.36. The highest BCUT2D eigenvalue weighted by molar-refractivity contribution is 6.30. The van der Waals surface area contributed by atoms with Gasteiger partial charge in [0.25, 0.3) is 5.91 Å². The van der Waals surface area contributed by atoms with E-state index < -0.39 is 11.9 Å². The molecule has 0 aliphatic heterocycles. The summed E-state index contributed by atoms with van der Waals surface area (Å²) >= 11 is 6.17. The van der Waals surface area contributed by atoms with Crippen molar-refractivity contribution in [3.8, 4) is 5.75 Å². The summed E-state index contributed by atoms with van der Waals surface area (Å²) in [5.41, 5.74) is 2.78. The van der Waals surface area contributed by atoms with E-state index in [-0.39, 0.29) is 17.7 Å². The molecule has 2 aromatic carbocycles. The fourth-order valence-electron chi connectivity index (χ4n) is 3.41. The quantitative estimate of drug-likeness (QED) is 0.365. The molecule has 0 saturated carbocycles. The third-order valence-electron chi connectivity index (χ3n) is 5.12. The molecule has 2 aromatic heterocycles. The Labute approximate surface area is 206 Å². The number of hydrogen-bond acceptors (Lipinski definition) is 7. The zero-order valence-electron chi connectivity index (χ0n) is 19.3. The van der Waals surface area contributed by atoms with Crippen LogP contribution in [-0.2, 0) is 16.1 Å². The zero-order valence-corrected chi connectivity index (χ0v) is 20.1. The smallest absolute Gasteiger partial charge is 0.302 e. The molecule has 0 aliphatic carbocycles. The molecule has 4 rings (SSSR count). The van der Waals surface area contributed by atoms with Crippen LogP contribution in [0.4, 0.5) is 11.4 Å². The number of para-hydroxylation sites is 1. The molecule has 4 aromatic rings. The van der Waals surface area contributed by atoms with E-state index in [4.69, 9.17) is 25.5 Å². The lowest BCUT2D eigenvalue weighted by atomic mass is 10.1. The van der Waals surface area contributed by atoms with Crippen LogP contribution in [0, 0.1) is 6.92 Å². The average molecular weight is 492 g/mol. The molecule has 9 heteroatoms. The van der Waals surface area contributed by atoms with Crippen LogP contribution in [0.2, 0.25) is 5.02 Å². The first-order chi connectivity index (χ1) is 16.9. The van der Waals surface area contributed by atoms with Crippen molar-refractivity contribution in [2.75, 3.05) is 12.4 Å². The van der Waals surface area contributed by atoms with Crippen LogP contribution in [-0.4, -0.2) is 24.0 Å². The number of amides is 1. The molecule has 0 spiro atoms. The molecule has 0 aliphatic rings. The highest BCUT2D eigenvalue weighted by Crippen LogP contribution is 2.30. The van der Waals surface area contributed by atoms with Crippen molar-refractivity contribution in [1.29, 1.82) is 0 Å². The van der Waals surface area contributed by atoms with Gasteiger partial charge in [0, 0.05) is 34.8 Å². The van der Waals surface area contributed by atoms with Gasteiger partial charge in [-0.3, -0.25) is 14.6 Å². The van der Waals surface area contributed by atoms with Gasteiger partial charge in [0.2, 0.25) is 5.55 Å². The number of carbonyl (C=O) groups excluding carboxylic acids is 2. The van der Waals surface area contributed by atoms with Gasteiger partial charge in [-0.2, -0.15) is 0 Å². The summed E-state index contributed by atoms with van der Waals surface area (Å²) in [5, 5.41) is 3.88. The maximum Gasteiger partial charge on any atom is 0.302 e. The third kappa shape index (κ3) is 5.50. The van der Waals surface area contributed by atoms with E-state index >= 15 is 0 Å². The van der Waals surface area contributed by atoms with E-state index in [1.54, 1.807) is 49.5 Å². The van der Waals surface area contributed by atoms with E-state index in [0.29, 0.717) is 44.4 Å². The number of halogens is 1. The Morgan fingerprint density at radius 3 is 2.63 bits per heavy atom. The molecule has 0 saturated heterocycles. The van der Waals surface area contributed by atoms with Crippen LogP contribution in [0.1, 0.15) is 28.5 Å². The summed E-state index contributed by atoms with van der Waals surface area (Å²) in [6, 6.07) is 15.6. The lowest BCUT2D eigenvalue weighted by Crippen LogP contribution is -2.22. The standard InChI is InChI=1S/C26H22ClN3O5/c1-15-24-20(17(13-28-15)14-34-16(2)31)12-21(25(32)29-19-7-5-4-6-8-19)26(35-24)30-22-11-18(27)9-10-23(22)33-3/h4-13H,14H2,1-3H3,(H,29,32). The van der Waals surface area contributed by atoms with E-state index in [0.717, 1.165) is 0 Å². The van der Waals surface area contributed by atoms with Crippen molar-refractivity contribution in [2.45, 2.75) is 20.5 Å². The number of fused-ring (bicyclic) bond motifs is 1. The SMILES string of the molecule is COc1ccc(Cl)cc1N=c1oc2c(C)ncc(COC(C)=O)c2cc1C(=O)Nc1ccccc1. The molecule has 178 valence electrons. The Balaban J connectivity index is 1.95. The highest BCUT2D eigenvalue weighted by atomic mass is 35.5. The Morgan fingerprint density at radius 1 is 1.14 bits per heavy atom. The highest BCUT2D eigenvalue weighted by Gasteiger charge is 2.18. The predicted molar refractivity (Wildman–Crippen MR) is 132 cm³/mol. The number of nitrogens with zero attached hydrogens (tertiary/aromatic N) is 2. The number of hydrogen-bond donors (Lipinski definition) is 1. The number of rotatable bonds is 6. The summed E-state index contributed by atoms with van der Waals surface area (Å²) in [4.78, 5) is 33.7. The van der Waals surface area contributed by atoms with E-state index in [9.17, 15) is 9.59 Å². The Bertz CT molecular complexity index is 1480. The molecular formula is C26H22ClN3O5. The van der Waals surface area contributed by atoms with Crippen molar-refractivity contribution in [3.63, 3.8) is 0 Å². The number of anilines is 1. The molecule has 0 unspecified atom stereocenters. The van der Waals surface area contributed by atoms with Crippen LogP contribution in [0.25, 0.3) is 11.0 Å². The fourth-order valence-corrected chi connectivity index (χ4v) is 3.57. The molecule has 1 N–H and O–H groups in total. The largest absolute Gasteiger partial charge is 0.494 e. The molecule has 0 bridgehead atoms. The zero-order chi connectivity index (χ0) is 24.9. The minimum absolute atomic E-state index is 0.0208. The number of ether oxygens (including phenoxy) is 2. The van der Waals surface area contributed by atoms with Crippen LogP contribution >= 0.6 is 11.6 Å². The van der Waals surface area contributed by atoms with Gasteiger partial charge in [-0.25, -0.2) is 4.99 Å². The molecule has 0 radical (unpaired) electrons. The molecule has 8 nitrogen and oxygen atoms in total. The van der Waals surface area contributed by atoms with Crippen LogP contribution in [0.5, 0.6) is 5.75 Å². The molecule has 35 heavy (non-hydrogen) atoms. The maximum absolute atomic E-state index is 13.4. The van der Waals surface area contributed by atoms with Crippen molar-refractivity contribution in [3.05, 3.63) is 88.2 Å². The molecule has 0 fully saturated rings. The minimum atomic E-state index is -0.436. The number of aryl methyl sites for hydroxylation is 1. The number of nitrogens with one attached hydrogen (secondary N) is 1. The summed E-state index contributed by atoms with van der Waals surface area (Å²) in [6.45, 7) is 3.07. The second kappa shape index (κ2) is 10.4. The first kappa shape index (κ1) is 24.0. The Morgan fingerprint density at radius 2 is 1.91 bits per heavy atom.